The first-order valence-corrected chi connectivity index (χ1v) is 6.76. The van der Waals surface area contributed by atoms with Gasteiger partial charge in [0.05, 0.1) is 18.7 Å². The van der Waals surface area contributed by atoms with Crippen LogP contribution in [0.4, 0.5) is 5.13 Å². The van der Waals surface area contributed by atoms with E-state index in [2.05, 4.69) is 10.3 Å². The molecular weight excluding hydrogens is 262 g/mol. The highest BCUT2D eigenvalue weighted by atomic mass is 32.1. The molecule has 0 saturated heterocycles. The first kappa shape index (κ1) is 13.4. The maximum atomic E-state index is 11.6. The fourth-order valence-corrected chi connectivity index (χ4v) is 2.07. The second-order valence-corrected chi connectivity index (χ2v) is 4.76. The minimum absolute atomic E-state index is 0.0815. The maximum Gasteiger partial charge on any atom is 0.226 e. The van der Waals surface area contributed by atoms with Crippen molar-refractivity contribution < 1.29 is 9.53 Å². The second-order valence-electron chi connectivity index (χ2n) is 3.87. The van der Waals surface area contributed by atoms with E-state index in [0.29, 0.717) is 24.0 Å². The number of nitrogens with zero attached hydrogens (tertiary/aromatic N) is 1. The lowest BCUT2D eigenvalue weighted by Gasteiger charge is -2.06. The summed E-state index contributed by atoms with van der Waals surface area (Å²) < 4.78 is 5.46. The summed E-state index contributed by atoms with van der Waals surface area (Å²) in [5.41, 5.74) is 6.19. The van der Waals surface area contributed by atoms with E-state index in [4.69, 9.17) is 10.5 Å². The molecule has 0 saturated carbocycles. The molecule has 1 aromatic carbocycles. The molecule has 0 bridgehead atoms. The number of rotatable bonds is 6. The van der Waals surface area contributed by atoms with Gasteiger partial charge in [-0.25, -0.2) is 4.98 Å². The molecule has 0 aliphatic heterocycles. The summed E-state index contributed by atoms with van der Waals surface area (Å²) in [5.74, 6) is 0.714. The van der Waals surface area contributed by atoms with E-state index in [9.17, 15) is 4.79 Å². The summed E-state index contributed by atoms with van der Waals surface area (Å²) in [6, 6.07) is 9.48. The Balaban J connectivity index is 1.64. The number of benzene rings is 1. The molecule has 0 aliphatic rings. The van der Waals surface area contributed by atoms with Crippen LogP contribution in [-0.4, -0.2) is 24.0 Å². The molecule has 6 heteroatoms. The Labute approximate surface area is 115 Å². The Morgan fingerprint density at radius 1 is 1.37 bits per heavy atom. The van der Waals surface area contributed by atoms with Crippen molar-refractivity contribution in [3.8, 4) is 5.75 Å². The number of carbonyl (C=O) groups is 1. The summed E-state index contributed by atoms with van der Waals surface area (Å²) in [7, 11) is 0. The number of anilines is 1. The SMILES string of the molecule is Nc1nc(CC(=O)NCCOc2ccccc2)cs1. The molecule has 0 fully saturated rings. The standard InChI is InChI=1S/C13H15N3O2S/c14-13-16-10(9-19-13)8-12(17)15-6-7-18-11-4-2-1-3-5-11/h1-5,9H,6-8H2,(H2,14,16)(H,15,17). The third-order valence-electron chi connectivity index (χ3n) is 2.35. The van der Waals surface area contributed by atoms with Gasteiger partial charge in [0.2, 0.25) is 5.91 Å². The Morgan fingerprint density at radius 3 is 2.84 bits per heavy atom. The number of thiazole rings is 1. The molecule has 0 atom stereocenters. The summed E-state index contributed by atoms with van der Waals surface area (Å²) in [4.78, 5) is 15.6. The Morgan fingerprint density at radius 2 is 2.16 bits per heavy atom. The average Bonchev–Trinajstić information content (AvgIpc) is 2.81. The van der Waals surface area contributed by atoms with Gasteiger partial charge in [-0.2, -0.15) is 0 Å². The minimum atomic E-state index is -0.0815. The first-order chi connectivity index (χ1) is 9.24. The van der Waals surface area contributed by atoms with Gasteiger partial charge in [-0.1, -0.05) is 18.2 Å². The fraction of sp³-hybridized carbons (Fsp3) is 0.231. The van der Waals surface area contributed by atoms with Crippen molar-refractivity contribution in [2.75, 3.05) is 18.9 Å². The smallest absolute Gasteiger partial charge is 0.226 e. The van der Waals surface area contributed by atoms with E-state index in [-0.39, 0.29) is 12.3 Å². The lowest BCUT2D eigenvalue weighted by atomic mass is 10.3. The fourth-order valence-electron chi connectivity index (χ4n) is 1.51. The molecule has 0 unspecified atom stereocenters. The van der Waals surface area contributed by atoms with Gasteiger partial charge < -0.3 is 15.8 Å². The third kappa shape index (κ3) is 4.59. The van der Waals surface area contributed by atoms with Crippen molar-refractivity contribution in [1.82, 2.24) is 10.3 Å². The molecule has 3 N–H and O–H groups in total. The summed E-state index contributed by atoms with van der Waals surface area (Å²) in [6.07, 6.45) is 0.249. The number of amides is 1. The van der Waals surface area contributed by atoms with Crippen molar-refractivity contribution in [1.29, 1.82) is 0 Å². The number of hydrogen-bond acceptors (Lipinski definition) is 5. The Kier molecular flexibility index (Phi) is 4.74. The van der Waals surface area contributed by atoms with Gasteiger partial charge in [0, 0.05) is 5.38 Å². The van der Waals surface area contributed by atoms with Gasteiger partial charge in [0.25, 0.3) is 0 Å². The van der Waals surface area contributed by atoms with Gasteiger partial charge in [0.1, 0.15) is 12.4 Å². The van der Waals surface area contributed by atoms with E-state index >= 15 is 0 Å². The molecule has 1 aromatic heterocycles. The second kappa shape index (κ2) is 6.75. The zero-order valence-electron chi connectivity index (χ0n) is 10.3. The zero-order valence-corrected chi connectivity index (χ0v) is 11.2. The summed E-state index contributed by atoms with van der Waals surface area (Å²) >= 11 is 1.33. The molecule has 1 amide bonds. The van der Waals surface area contributed by atoms with Crippen LogP contribution >= 0.6 is 11.3 Å². The first-order valence-electron chi connectivity index (χ1n) is 5.88. The van der Waals surface area contributed by atoms with Crippen LogP contribution in [0.15, 0.2) is 35.7 Å². The quantitative estimate of drug-likeness (QED) is 0.784. The number of nitrogens with one attached hydrogen (secondary N) is 1. The summed E-state index contributed by atoms with van der Waals surface area (Å²) in [5, 5.41) is 5.04. The highest BCUT2D eigenvalue weighted by Crippen LogP contribution is 2.11. The van der Waals surface area contributed by atoms with Crippen LogP contribution in [-0.2, 0) is 11.2 Å². The number of para-hydroxylation sites is 1. The van der Waals surface area contributed by atoms with Crippen molar-refractivity contribution in [3.05, 3.63) is 41.4 Å². The molecule has 19 heavy (non-hydrogen) atoms. The van der Waals surface area contributed by atoms with Crippen LogP contribution < -0.4 is 15.8 Å². The lowest BCUT2D eigenvalue weighted by molar-refractivity contribution is -0.120. The van der Waals surface area contributed by atoms with Crippen molar-refractivity contribution in [2.45, 2.75) is 6.42 Å². The molecule has 0 aliphatic carbocycles. The molecule has 0 radical (unpaired) electrons. The van der Waals surface area contributed by atoms with Crippen LogP contribution in [0.25, 0.3) is 0 Å². The normalized spacial score (nSPS) is 10.1. The number of nitrogen functional groups attached to an aromatic ring is 1. The number of hydrogen-bond donors (Lipinski definition) is 2. The zero-order chi connectivity index (χ0) is 13.5. The van der Waals surface area contributed by atoms with Crippen LogP contribution in [0.1, 0.15) is 5.69 Å². The van der Waals surface area contributed by atoms with Crippen LogP contribution in [0, 0.1) is 0 Å². The molecular formula is C13H15N3O2S. The monoisotopic (exact) mass is 277 g/mol. The van der Waals surface area contributed by atoms with E-state index in [1.165, 1.54) is 11.3 Å². The number of nitrogens with two attached hydrogens (primary N) is 1. The van der Waals surface area contributed by atoms with Gasteiger partial charge in [-0.3, -0.25) is 4.79 Å². The van der Waals surface area contributed by atoms with E-state index in [0.717, 1.165) is 5.75 Å². The van der Waals surface area contributed by atoms with Gasteiger partial charge in [-0.05, 0) is 12.1 Å². The highest BCUT2D eigenvalue weighted by Gasteiger charge is 2.05. The topological polar surface area (TPSA) is 77.2 Å². The van der Waals surface area contributed by atoms with Crippen molar-refractivity contribution >= 4 is 22.4 Å². The van der Waals surface area contributed by atoms with E-state index in [1.54, 1.807) is 5.38 Å². The predicted molar refractivity (Wildman–Crippen MR) is 75.2 cm³/mol. The van der Waals surface area contributed by atoms with E-state index < -0.39 is 0 Å². The Bertz CT molecular complexity index is 528. The summed E-state index contributed by atoms with van der Waals surface area (Å²) in [6.45, 7) is 0.905. The molecule has 5 nitrogen and oxygen atoms in total. The molecule has 1 heterocycles. The van der Waals surface area contributed by atoms with Crippen molar-refractivity contribution in [3.63, 3.8) is 0 Å². The van der Waals surface area contributed by atoms with Crippen molar-refractivity contribution in [2.24, 2.45) is 0 Å². The highest BCUT2D eigenvalue weighted by molar-refractivity contribution is 7.13. The average molecular weight is 277 g/mol. The molecule has 100 valence electrons. The molecule has 2 rings (SSSR count). The number of aromatic nitrogens is 1. The Hall–Kier alpha value is -2.08. The van der Waals surface area contributed by atoms with Gasteiger partial charge in [-0.15, -0.1) is 11.3 Å². The third-order valence-corrected chi connectivity index (χ3v) is 3.07. The van der Waals surface area contributed by atoms with Crippen LogP contribution in [0.5, 0.6) is 5.75 Å². The van der Waals surface area contributed by atoms with Gasteiger partial charge >= 0.3 is 0 Å². The van der Waals surface area contributed by atoms with Gasteiger partial charge in [0.15, 0.2) is 5.13 Å². The lowest BCUT2D eigenvalue weighted by Crippen LogP contribution is -2.29. The number of carbonyl (C=O) groups excluding carboxylic acids is 1. The minimum Gasteiger partial charge on any atom is -0.492 e. The number of ether oxygens (including phenoxy) is 1. The van der Waals surface area contributed by atoms with E-state index in [1.807, 2.05) is 30.3 Å². The molecule has 0 spiro atoms. The van der Waals surface area contributed by atoms with Crippen LogP contribution in [0.3, 0.4) is 0 Å². The predicted octanol–water partition coefficient (Wildman–Crippen LogP) is 1.46. The maximum absolute atomic E-state index is 11.6. The molecule has 2 aromatic rings. The largest absolute Gasteiger partial charge is 0.492 e. The van der Waals surface area contributed by atoms with Crippen LogP contribution in [0.2, 0.25) is 0 Å².